The van der Waals surface area contributed by atoms with Crippen LogP contribution in [0.3, 0.4) is 0 Å². The minimum atomic E-state index is -1.31. The van der Waals surface area contributed by atoms with E-state index in [1.807, 2.05) is 0 Å². The van der Waals surface area contributed by atoms with Crippen molar-refractivity contribution in [1.82, 2.24) is 0 Å². The van der Waals surface area contributed by atoms with Gasteiger partial charge < -0.3 is 14.9 Å². The molecule has 0 nitrogen and oxygen atoms in total. The van der Waals surface area contributed by atoms with Gasteiger partial charge in [0, 0.05) is 15.2 Å². The third-order valence-corrected chi connectivity index (χ3v) is 33.4. The van der Waals surface area contributed by atoms with Gasteiger partial charge >= 0.3 is 37.9 Å². The van der Waals surface area contributed by atoms with E-state index in [1.165, 1.54) is 44.9 Å². The summed E-state index contributed by atoms with van der Waals surface area (Å²) in [6.07, 6.45) is 16.5. The molecule has 3 fully saturated rings. The van der Waals surface area contributed by atoms with Crippen molar-refractivity contribution < 1.29 is 20.8 Å². The molecule has 0 aliphatic heterocycles. The Bertz CT molecular complexity index is 945. The van der Waals surface area contributed by atoms with E-state index in [0.717, 1.165) is 34.8 Å². The molecule has 0 aromatic heterocycles. The third kappa shape index (κ3) is 9.83. The second-order valence-corrected chi connectivity index (χ2v) is 37.3. The predicted molar refractivity (Wildman–Crippen MR) is 201 cm³/mol. The normalized spacial score (nSPS) is 27.7. The summed E-state index contributed by atoms with van der Waals surface area (Å²) in [5.74, 6) is 3.80. The van der Waals surface area contributed by atoms with E-state index in [1.54, 1.807) is 42.4 Å². The van der Waals surface area contributed by atoms with E-state index in [9.17, 15) is 0 Å². The Hall–Kier alpha value is 1.12. The number of benzene rings is 1. The van der Waals surface area contributed by atoms with Gasteiger partial charge in [-0.2, -0.15) is 0 Å². The van der Waals surface area contributed by atoms with Gasteiger partial charge in [0.2, 0.25) is 0 Å². The first-order valence-corrected chi connectivity index (χ1v) is 30.6. The van der Waals surface area contributed by atoms with E-state index < -0.39 is 36.0 Å². The fraction of sp³-hybridized carbons (Fsp3) is 0.789. The van der Waals surface area contributed by atoms with Crippen LogP contribution < -0.4 is 0 Å². The molecule has 3 aliphatic carbocycles. The fourth-order valence-corrected chi connectivity index (χ4v) is 23.4. The van der Waals surface area contributed by atoms with Crippen LogP contribution in [0.15, 0.2) is 18.2 Å². The van der Waals surface area contributed by atoms with Crippen LogP contribution in [0, 0.1) is 32.6 Å². The average molecular weight is 745 g/mol. The first-order chi connectivity index (χ1) is 19.0. The van der Waals surface area contributed by atoms with Crippen LogP contribution >= 0.6 is 17.0 Å². The average Bonchev–Trinajstić information content (AvgIpc) is 3.54. The number of fused-ring (bicyclic) bond motifs is 1. The first-order valence-electron chi connectivity index (χ1n) is 17.1. The van der Waals surface area contributed by atoms with Crippen LogP contribution in [-0.4, -0.2) is 15.2 Å². The Morgan fingerprint density at radius 2 is 1.30 bits per heavy atom. The first kappa shape index (κ1) is 42.1. The maximum atomic E-state index is 4.93. The minimum absolute atomic E-state index is 0. The van der Waals surface area contributed by atoms with Gasteiger partial charge in [-0.1, -0.05) is 151 Å². The summed E-state index contributed by atoms with van der Waals surface area (Å²) in [4.78, 5) is 0. The predicted octanol–water partition coefficient (Wildman–Crippen LogP) is 14.1. The molecule has 0 saturated heterocycles. The van der Waals surface area contributed by atoms with Crippen molar-refractivity contribution in [2.24, 2.45) is 17.8 Å². The number of hydrogen-bond acceptors (Lipinski definition) is 0. The van der Waals surface area contributed by atoms with Gasteiger partial charge in [-0.25, -0.2) is 0 Å². The van der Waals surface area contributed by atoms with Crippen molar-refractivity contribution in [2.75, 3.05) is 0 Å². The Morgan fingerprint density at radius 3 is 1.81 bits per heavy atom. The molecule has 6 unspecified atom stereocenters. The summed E-state index contributed by atoms with van der Waals surface area (Å²) in [7, 11) is 7.31. The molecular formula is C38H70Cl2Si2Zr. The van der Waals surface area contributed by atoms with Gasteiger partial charge in [0.15, 0.2) is 0 Å². The second-order valence-electron chi connectivity index (χ2n) is 17.4. The van der Waals surface area contributed by atoms with Crippen LogP contribution in [0.4, 0.5) is 0 Å². The van der Waals surface area contributed by atoms with Crippen LogP contribution in [0.5, 0.6) is 0 Å². The van der Waals surface area contributed by atoms with Crippen molar-refractivity contribution in [3.63, 3.8) is 0 Å². The molecule has 0 N–H and O–H groups in total. The van der Waals surface area contributed by atoms with E-state index in [-0.39, 0.29) is 25.7 Å². The second kappa shape index (κ2) is 17.0. The summed E-state index contributed by atoms with van der Waals surface area (Å²) in [5, 5.41) is 0. The van der Waals surface area contributed by atoms with Crippen molar-refractivity contribution in [2.45, 2.75) is 173 Å². The van der Waals surface area contributed by atoms with Gasteiger partial charge in [-0.15, -0.1) is 0 Å². The Kier molecular flexibility index (Phi) is 16.6. The van der Waals surface area contributed by atoms with Crippen molar-refractivity contribution in [3.05, 3.63) is 49.7 Å². The zero-order chi connectivity index (χ0) is 30.8. The molecule has 3 saturated carbocycles. The molecule has 248 valence electrons. The van der Waals surface area contributed by atoms with Crippen molar-refractivity contribution in [3.8, 4) is 0 Å². The summed E-state index contributed by atoms with van der Waals surface area (Å²) >= 11 is -0.826. The molecule has 6 atom stereocenters. The molecule has 4 rings (SSSR count). The van der Waals surface area contributed by atoms with Gasteiger partial charge in [0.05, 0.1) is 0 Å². The molecule has 0 spiro atoms. The summed E-state index contributed by atoms with van der Waals surface area (Å²) in [6.45, 7) is 28.4. The number of unbranched alkanes of at least 4 members (excludes halogenated alkanes) is 1. The van der Waals surface area contributed by atoms with Crippen LogP contribution in [0.2, 0.25) is 37.3 Å². The van der Waals surface area contributed by atoms with Crippen LogP contribution in [0.1, 0.15) is 142 Å². The maximum absolute atomic E-state index is 4.93. The Morgan fingerprint density at radius 1 is 0.744 bits per heavy atom. The quantitative estimate of drug-likeness (QED) is 0.193. The summed E-state index contributed by atoms with van der Waals surface area (Å²) in [6, 6.07) is 7.82. The molecule has 0 radical (unpaired) electrons. The van der Waals surface area contributed by atoms with Crippen LogP contribution in [0.25, 0.3) is 0 Å². The number of rotatable bonds is 7. The van der Waals surface area contributed by atoms with E-state index in [4.69, 9.17) is 17.0 Å². The molecule has 43 heavy (non-hydrogen) atoms. The zero-order valence-electron chi connectivity index (χ0n) is 30.7. The molecule has 0 heterocycles. The van der Waals surface area contributed by atoms with E-state index in [0.29, 0.717) is 0 Å². The van der Waals surface area contributed by atoms with Gasteiger partial charge in [0.1, 0.15) is 0 Å². The van der Waals surface area contributed by atoms with Gasteiger partial charge in [-0.05, 0) is 75.1 Å². The summed E-state index contributed by atoms with van der Waals surface area (Å²) < 4.78 is 0. The van der Waals surface area contributed by atoms with Crippen LogP contribution in [-0.2, 0) is 31.7 Å². The van der Waals surface area contributed by atoms with Gasteiger partial charge in [0.25, 0.3) is 0 Å². The topological polar surface area (TPSA) is 0 Å². The monoisotopic (exact) mass is 742 g/mol. The van der Waals surface area contributed by atoms with Gasteiger partial charge in [-0.3, -0.25) is 0 Å². The summed E-state index contributed by atoms with van der Waals surface area (Å²) in [5.41, 5.74) is 7.43. The Labute approximate surface area is 291 Å². The standard InChI is InChI=1S/C36H64Si2.2CH3.2ClH.Zr/c1-12-13-15-26-18-19-30(22-26)37(8,9)38(10,11)34-21-20-32-31(16-14-17-33(32)34)27-23-28(35(2,3)4)25-29(24-27)36(5,6)7;;;;;/h23-26,30-34H,12-22H2,1-11H3;2*1H3;2*1H;/q;2*-1;;;+4/p-2. The Balaban J connectivity index is 0.00000177. The SMILES string of the molecule is CCCCC1CCC([Si](C)(C)[Si](C)(C)C2CCC3C(c4cc(C(C)(C)C)cc(C(C)(C)C)c4)CCCC32)C1.[CH3-].[CH3-].[Cl][Zr+2][Cl]. The molecule has 0 amide bonds. The molecule has 1 aromatic carbocycles. The van der Waals surface area contributed by atoms with E-state index >= 15 is 0 Å². The molecule has 1 aromatic rings. The zero-order valence-corrected chi connectivity index (χ0v) is 36.7. The van der Waals surface area contributed by atoms with Crippen molar-refractivity contribution in [1.29, 1.82) is 0 Å². The molecular weight excluding hydrogens is 675 g/mol. The molecule has 0 bridgehead atoms. The number of hydrogen-bond donors (Lipinski definition) is 0. The van der Waals surface area contributed by atoms with E-state index in [2.05, 4.69) is 92.9 Å². The fourth-order valence-electron chi connectivity index (χ4n) is 9.33. The number of halogens is 2. The molecule has 3 aliphatic rings. The third-order valence-electron chi connectivity index (χ3n) is 12.7. The van der Waals surface area contributed by atoms with Crippen molar-refractivity contribution >= 4 is 32.2 Å². The molecule has 5 heteroatoms.